The molecular weight excluding hydrogens is 340 g/mol. The Balaban J connectivity index is 1.52. The van der Waals surface area contributed by atoms with Gasteiger partial charge in [0.25, 0.3) is 5.91 Å². The first-order chi connectivity index (χ1) is 13.1. The molecule has 6 nitrogen and oxygen atoms in total. The lowest BCUT2D eigenvalue weighted by Crippen LogP contribution is -2.56. The van der Waals surface area contributed by atoms with Crippen molar-refractivity contribution in [2.24, 2.45) is 5.41 Å². The third-order valence-electron chi connectivity index (χ3n) is 6.68. The highest BCUT2D eigenvalue weighted by molar-refractivity contribution is 5.94. The summed E-state index contributed by atoms with van der Waals surface area (Å²) in [5.41, 5.74) is 0.813. The number of aromatic nitrogens is 1. The monoisotopic (exact) mass is 370 g/mol. The normalized spacial score (nSPS) is 26.6. The Kier molecular flexibility index (Phi) is 5.06. The highest BCUT2D eigenvalue weighted by Crippen LogP contribution is 2.42. The summed E-state index contributed by atoms with van der Waals surface area (Å²) in [6.07, 6.45) is 10.5. The van der Waals surface area contributed by atoms with Crippen molar-refractivity contribution in [1.82, 2.24) is 15.2 Å². The Morgan fingerprint density at radius 2 is 2.04 bits per heavy atom. The summed E-state index contributed by atoms with van der Waals surface area (Å²) in [5.74, 6) is 1.14. The van der Waals surface area contributed by atoms with E-state index in [1.807, 2.05) is 6.07 Å². The minimum Gasteiger partial charge on any atom is -0.356 e. The molecule has 1 atom stereocenters. The fourth-order valence-corrected chi connectivity index (χ4v) is 5.21. The number of nitrogens with one attached hydrogen (secondary N) is 1. The van der Waals surface area contributed by atoms with Gasteiger partial charge in [-0.1, -0.05) is 12.8 Å². The average Bonchev–Trinajstić information content (AvgIpc) is 3.24. The number of piperidine rings is 2. The molecule has 3 heterocycles. The van der Waals surface area contributed by atoms with E-state index in [1.54, 1.807) is 19.3 Å². The molecule has 2 saturated heterocycles. The van der Waals surface area contributed by atoms with Crippen LogP contribution in [0.4, 0.5) is 5.82 Å². The van der Waals surface area contributed by atoms with Crippen molar-refractivity contribution in [3.63, 3.8) is 0 Å². The minimum atomic E-state index is -0.0824. The van der Waals surface area contributed by atoms with Crippen LogP contribution in [0.1, 0.15) is 61.7 Å². The van der Waals surface area contributed by atoms with Gasteiger partial charge in [0, 0.05) is 56.3 Å². The predicted octanol–water partition coefficient (Wildman–Crippen LogP) is 2.59. The molecule has 1 saturated carbocycles. The third-order valence-corrected chi connectivity index (χ3v) is 6.68. The van der Waals surface area contributed by atoms with Crippen LogP contribution >= 0.6 is 0 Å². The Hall–Kier alpha value is -2.11. The number of likely N-dealkylation sites (tertiary alicyclic amines) is 1. The smallest absolute Gasteiger partial charge is 0.251 e. The van der Waals surface area contributed by atoms with Crippen LogP contribution in [-0.4, -0.2) is 54.4 Å². The van der Waals surface area contributed by atoms with Gasteiger partial charge in [-0.05, 0) is 44.2 Å². The Morgan fingerprint density at radius 3 is 2.81 bits per heavy atom. The van der Waals surface area contributed by atoms with Crippen molar-refractivity contribution < 1.29 is 9.59 Å². The molecule has 4 rings (SSSR count). The molecular formula is C21H30N4O2. The lowest BCUT2D eigenvalue weighted by atomic mass is 9.73. The molecule has 0 unspecified atom stereocenters. The molecule has 146 valence electrons. The number of pyridine rings is 1. The van der Waals surface area contributed by atoms with Crippen molar-refractivity contribution in [3.05, 3.63) is 23.9 Å². The maximum absolute atomic E-state index is 12.6. The van der Waals surface area contributed by atoms with Gasteiger partial charge in [-0.25, -0.2) is 4.98 Å². The molecule has 1 N–H and O–H groups in total. The van der Waals surface area contributed by atoms with Gasteiger partial charge in [0.2, 0.25) is 5.91 Å². The zero-order valence-electron chi connectivity index (χ0n) is 16.2. The van der Waals surface area contributed by atoms with Crippen molar-refractivity contribution in [1.29, 1.82) is 0 Å². The first-order valence-corrected chi connectivity index (χ1v) is 10.3. The van der Waals surface area contributed by atoms with Crippen LogP contribution in [0.25, 0.3) is 0 Å². The van der Waals surface area contributed by atoms with E-state index < -0.39 is 0 Å². The summed E-state index contributed by atoms with van der Waals surface area (Å²) in [5, 5.41) is 2.68. The molecule has 0 radical (unpaired) electrons. The third kappa shape index (κ3) is 3.66. The maximum atomic E-state index is 12.6. The van der Waals surface area contributed by atoms with Gasteiger partial charge in [0.05, 0.1) is 0 Å². The second kappa shape index (κ2) is 7.49. The molecule has 0 aromatic carbocycles. The van der Waals surface area contributed by atoms with Crippen LogP contribution in [0.3, 0.4) is 0 Å². The van der Waals surface area contributed by atoms with E-state index in [2.05, 4.69) is 20.1 Å². The predicted molar refractivity (Wildman–Crippen MR) is 105 cm³/mol. The number of carbonyl (C=O) groups is 2. The summed E-state index contributed by atoms with van der Waals surface area (Å²) < 4.78 is 0. The van der Waals surface area contributed by atoms with Crippen LogP contribution in [0.5, 0.6) is 0 Å². The average molecular weight is 370 g/mol. The molecule has 1 spiro atoms. The van der Waals surface area contributed by atoms with E-state index in [9.17, 15) is 9.59 Å². The fraction of sp³-hybridized carbons (Fsp3) is 0.667. The highest BCUT2D eigenvalue weighted by Gasteiger charge is 2.44. The van der Waals surface area contributed by atoms with Crippen LogP contribution < -0.4 is 10.2 Å². The van der Waals surface area contributed by atoms with E-state index >= 15 is 0 Å². The van der Waals surface area contributed by atoms with E-state index in [0.29, 0.717) is 23.9 Å². The van der Waals surface area contributed by atoms with Crippen molar-refractivity contribution in [3.8, 4) is 0 Å². The Morgan fingerprint density at radius 1 is 1.22 bits per heavy atom. The molecule has 2 amide bonds. The van der Waals surface area contributed by atoms with E-state index in [4.69, 9.17) is 0 Å². The second-order valence-corrected chi connectivity index (χ2v) is 8.47. The largest absolute Gasteiger partial charge is 0.356 e. The van der Waals surface area contributed by atoms with Crippen molar-refractivity contribution >= 4 is 17.6 Å². The van der Waals surface area contributed by atoms with Crippen molar-refractivity contribution in [2.45, 2.75) is 57.4 Å². The number of nitrogens with zero attached hydrogens (tertiary/aromatic N) is 3. The summed E-state index contributed by atoms with van der Waals surface area (Å²) in [7, 11) is 1.65. The van der Waals surface area contributed by atoms with Crippen molar-refractivity contribution in [2.75, 3.05) is 31.6 Å². The van der Waals surface area contributed by atoms with Gasteiger partial charge in [0.15, 0.2) is 0 Å². The van der Waals surface area contributed by atoms with E-state index in [-0.39, 0.29) is 11.3 Å². The summed E-state index contributed by atoms with van der Waals surface area (Å²) in [4.78, 5) is 33.6. The van der Waals surface area contributed by atoms with E-state index in [1.165, 1.54) is 32.1 Å². The summed E-state index contributed by atoms with van der Waals surface area (Å²) in [6.45, 7) is 2.78. The zero-order chi connectivity index (χ0) is 18.9. The Labute approximate surface area is 161 Å². The van der Waals surface area contributed by atoms with Crippen LogP contribution in [0.2, 0.25) is 0 Å². The second-order valence-electron chi connectivity index (χ2n) is 8.47. The molecule has 0 bridgehead atoms. The molecule has 3 aliphatic rings. The van der Waals surface area contributed by atoms with Gasteiger partial charge in [-0.2, -0.15) is 0 Å². The zero-order valence-corrected chi connectivity index (χ0v) is 16.2. The molecule has 3 fully saturated rings. The molecule has 2 aliphatic heterocycles. The molecule has 6 heteroatoms. The van der Waals surface area contributed by atoms with Crippen LogP contribution in [0.15, 0.2) is 18.3 Å². The number of hydrogen-bond donors (Lipinski definition) is 1. The van der Waals surface area contributed by atoms with Gasteiger partial charge >= 0.3 is 0 Å². The number of hydrogen-bond acceptors (Lipinski definition) is 4. The SMILES string of the molecule is CNC(=O)c1ccnc(N2CCC[C@]3(CCC(=O)N(C4CCCC4)C3)C2)c1. The lowest BCUT2D eigenvalue weighted by Gasteiger charge is -2.50. The summed E-state index contributed by atoms with van der Waals surface area (Å²) >= 11 is 0. The van der Waals surface area contributed by atoms with E-state index in [0.717, 1.165) is 38.3 Å². The van der Waals surface area contributed by atoms with Crippen LogP contribution in [-0.2, 0) is 4.79 Å². The Bertz CT molecular complexity index is 716. The highest BCUT2D eigenvalue weighted by atomic mass is 16.2. The first kappa shape index (κ1) is 18.3. The number of carbonyl (C=O) groups excluding carboxylic acids is 2. The quantitative estimate of drug-likeness (QED) is 0.888. The molecule has 1 aliphatic carbocycles. The standard InChI is InChI=1S/C21H30N4O2/c1-22-20(27)16-8-11-23-18(13-16)24-12-4-9-21(14-24)10-7-19(26)25(15-21)17-5-2-3-6-17/h8,11,13,17H,2-7,9-10,12,14-15H2,1H3,(H,22,27)/t21-/m0/s1. The maximum Gasteiger partial charge on any atom is 0.251 e. The van der Waals surface area contributed by atoms with Gasteiger partial charge < -0.3 is 15.1 Å². The topological polar surface area (TPSA) is 65.5 Å². The molecule has 27 heavy (non-hydrogen) atoms. The van der Waals surface area contributed by atoms with Gasteiger partial charge in [-0.15, -0.1) is 0 Å². The first-order valence-electron chi connectivity index (χ1n) is 10.3. The molecule has 1 aromatic rings. The summed E-state index contributed by atoms with van der Waals surface area (Å²) in [6, 6.07) is 4.10. The number of rotatable bonds is 3. The number of amides is 2. The lowest BCUT2D eigenvalue weighted by molar-refractivity contribution is -0.140. The van der Waals surface area contributed by atoms with Crippen LogP contribution in [0, 0.1) is 5.41 Å². The fourth-order valence-electron chi connectivity index (χ4n) is 5.21. The van der Waals surface area contributed by atoms with Gasteiger partial charge in [-0.3, -0.25) is 9.59 Å². The number of anilines is 1. The van der Waals surface area contributed by atoms with Gasteiger partial charge in [0.1, 0.15) is 5.82 Å². The molecule has 1 aromatic heterocycles. The minimum absolute atomic E-state index is 0.0824.